The van der Waals surface area contributed by atoms with E-state index in [2.05, 4.69) is 5.32 Å². The van der Waals surface area contributed by atoms with Gasteiger partial charge in [0.25, 0.3) is 0 Å². The van der Waals surface area contributed by atoms with E-state index in [1.54, 1.807) is 39.5 Å². The number of carbonyl (C=O) groups is 1. The topological polar surface area (TPSA) is 66.0 Å². The minimum Gasteiger partial charge on any atom is -0.496 e. The highest BCUT2D eigenvalue weighted by Crippen LogP contribution is 2.40. The standard InChI is InChI=1S/C21H25NO5/c1-14(16-8-6-7-9-17(16)24-2)22-19(23)13-11-15-10-12-18(25-3)21(27-5)20(15)26-4/h6-14H,1-5H3,(H,22,23)/b13-11+/t14-/m0/s1. The van der Waals surface area contributed by atoms with E-state index in [9.17, 15) is 4.79 Å². The number of para-hydroxylation sites is 1. The highest BCUT2D eigenvalue weighted by molar-refractivity contribution is 5.92. The Morgan fingerprint density at radius 2 is 1.56 bits per heavy atom. The van der Waals surface area contributed by atoms with Crippen LogP contribution in [0.25, 0.3) is 6.08 Å². The Hall–Kier alpha value is -3.15. The normalized spacial score (nSPS) is 11.7. The lowest BCUT2D eigenvalue weighted by atomic mass is 10.1. The van der Waals surface area contributed by atoms with Gasteiger partial charge in [0.05, 0.1) is 34.5 Å². The largest absolute Gasteiger partial charge is 0.496 e. The molecule has 27 heavy (non-hydrogen) atoms. The molecule has 1 N–H and O–H groups in total. The van der Waals surface area contributed by atoms with E-state index in [0.717, 1.165) is 11.3 Å². The van der Waals surface area contributed by atoms with E-state index in [0.29, 0.717) is 22.8 Å². The lowest BCUT2D eigenvalue weighted by Crippen LogP contribution is -2.24. The molecule has 0 aliphatic carbocycles. The first-order valence-corrected chi connectivity index (χ1v) is 8.46. The van der Waals surface area contributed by atoms with Crippen molar-refractivity contribution < 1.29 is 23.7 Å². The number of hydrogen-bond acceptors (Lipinski definition) is 5. The van der Waals surface area contributed by atoms with Crippen molar-refractivity contribution >= 4 is 12.0 Å². The van der Waals surface area contributed by atoms with Crippen LogP contribution in [0.15, 0.2) is 42.5 Å². The third-order valence-electron chi connectivity index (χ3n) is 4.11. The Morgan fingerprint density at radius 3 is 2.19 bits per heavy atom. The summed E-state index contributed by atoms with van der Waals surface area (Å²) in [5.41, 5.74) is 1.61. The van der Waals surface area contributed by atoms with Crippen LogP contribution in [0.1, 0.15) is 24.1 Å². The number of ether oxygens (including phenoxy) is 4. The molecule has 0 unspecified atom stereocenters. The molecular weight excluding hydrogens is 346 g/mol. The van der Waals surface area contributed by atoms with Crippen molar-refractivity contribution in [1.29, 1.82) is 0 Å². The fraction of sp³-hybridized carbons (Fsp3) is 0.286. The molecule has 0 bridgehead atoms. The fourth-order valence-corrected chi connectivity index (χ4v) is 2.78. The van der Waals surface area contributed by atoms with Crippen LogP contribution in [0.3, 0.4) is 0 Å². The predicted molar refractivity (Wildman–Crippen MR) is 105 cm³/mol. The number of methoxy groups -OCH3 is 4. The predicted octanol–water partition coefficient (Wildman–Crippen LogP) is 3.61. The van der Waals surface area contributed by atoms with Crippen LogP contribution in [0.2, 0.25) is 0 Å². The maximum absolute atomic E-state index is 12.3. The van der Waals surface area contributed by atoms with Gasteiger partial charge in [-0.05, 0) is 31.2 Å². The first-order chi connectivity index (χ1) is 13.0. The lowest BCUT2D eigenvalue weighted by Gasteiger charge is -2.16. The average Bonchev–Trinajstić information content (AvgIpc) is 2.70. The van der Waals surface area contributed by atoms with Crippen LogP contribution < -0.4 is 24.3 Å². The zero-order valence-corrected chi connectivity index (χ0v) is 16.2. The number of nitrogens with one attached hydrogen (secondary N) is 1. The molecule has 0 saturated heterocycles. The Labute approximate surface area is 159 Å². The Kier molecular flexibility index (Phi) is 7.11. The molecule has 0 aromatic heterocycles. The van der Waals surface area contributed by atoms with E-state index in [4.69, 9.17) is 18.9 Å². The number of carbonyl (C=O) groups excluding carboxylic acids is 1. The van der Waals surface area contributed by atoms with E-state index in [1.807, 2.05) is 31.2 Å². The second-order valence-electron chi connectivity index (χ2n) is 5.73. The van der Waals surface area contributed by atoms with Gasteiger partial charge in [0.15, 0.2) is 11.5 Å². The van der Waals surface area contributed by atoms with Gasteiger partial charge in [0.1, 0.15) is 5.75 Å². The highest BCUT2D eigenvalue weighted by atomic mass is 16.5. The van der Waals surface area contributed by atoms with Gasteiger partial charge in [0.2, 0.25) is 11.7 Å². The van der Waals surface area contributed by atoms with Crippen molar-refractivity contribution in [2.45, 2.75) is 13.0 Å². The first-order valence-electron chi connectivity index (χ1n) is 8.46. The van der Waals surface area contributed by atoms with Crippen molar-refractivity contribution in [3.8, 4) is 23.0 Å². The molecule has 0 heterocycles. The molecule has 1 amide bonds. The number of hydrogen-bond donors (Lipinski definition) is 1. The smallest absolute Gasteiger partial charge is 0.244 e. The SMILES string of the molecule is COc1ccccc1[C@H](C)NC(=O)/C=C/c1ccc(OC)c(OC)c1OC. The number of benzene rings is 2. The molecule has 2 rings (SSSR count). The van der Waals surface area contributed by atoms with Crippen molar-refractivity contribution in [2.24, 2.45) is 0 Å². The van der Waals surface area contributed by atoms with Crippen LogP contribution in [-0.4, -0.2) is 34.3 Å². The van der Waals surface area contributed by atoms with E-state index < -0.39 is 0 Å². The van der Waals surface area contributed by atoms with Gasteiger partial charge in [-0.1, -0.05) is 18.2 Å². The van der Waals surface area contributed by atoms with Gasteiger partial charge in [-0.3, -0.25) is 4.79 Å². The zero-order valence-electron chi connectivity index (χ0n) is 16.2. The van der Waals surface area contributed by atoms with E-state index in [-0.39, 0.29) is 11.9 Å². The number of rotatable bonds is 8. The molecular formula is C21H25NO5. The van der Waals surface area contributed by atoms with Crippen molar-refractivity contribution in [2.75, 3.05) is 28.4 Å². The van der Waals surface area contributed by atoms with Crippen LogP contribution in [0.5, 0.6) is 23.0 Å². The van der Waals surface area contributed by atoms with Gasteiger partial charge in [0, 0.05) is 17.2 Å². The Balaban J connectivity index is 2.17. The Bertz CT molecular complexity index is 816. The summed E-state index contributed by atoms with van der Waals surface area (Å²) in [6.07, 6.45) is 3.13. The van der Waals surface area contributed by atoms with Gasteiger partial charge < -0.3 is 24.3 Å². The quantitative estimate of drug-likeness (QED) is 0.718. The van der Waals surface area contributed by atoms with Crippen molar-refractivity contribution in [3.05, 3.63) is 53.6 Å². The Morgan fingerprint density at radius 1 is 0.889 bits per heavy atom. The summed E-state index contributed by atoms with van der Waals surface area (Å²) in [7, 11) is 6.24. The van der Waals surface area contributed by atoms with E-state index >= 15 is 0 Å². The van der Waals surface area contributed by atoms with Gasteiger partial charge in [-0.25, -0.2) is 0 Å². The third kappa shape index (κ3) is 4.73. The van der Waals surface area contributed by atoms with Crippen molar-refractivity contribution in [1.82, 2.24) is 5.32 Å². The third-order valence-corrected chi connectivity index (χ3v) is 4.11. The van der Waals surface area contributed by atoms with Crippen LogP contribution in [0, 0.1) is 0 Å². The summed E-state index contributed by atoms with van der Waals surface area (Å²) in [5.74, 6) is 2.03. The molecule has 0 radical (unpaired) electrons. The first kappa shape index (κ1) is 20.2. The molecule has 6 nitrogen and oxygen atoms in total. The molecule has 2 aromatic rings. The molecule has 0 aliphatic rings. The van der Waals surface area contributed by atoms with E-state index in [1.165, 1.54) is 13.2 Å². The monoisotopic (exact) mass is 371 g/mol. The average molecular weight is 371 g/mol. The molecule has 2 aromatic carbocycles. The summed E-state index contributed by atoms with van der Waals surface area (Å²) in [6, 6.07) is 10.9. The molecule has 6 heteroatoms. The molecule has 0 saturated carbocycles. The zero-order chi connectivity index (χ0) is 19.8. The maximum Gasteiger partial charge on any atom is 0.244 e. The minimum atomic E-state index is -0.231. The van der Waals surface area contributed by atoms with Crippen LogP contribution in [0.4, 0.5) is 0 Å². The summed E-state index contributed by atoms with van der Waals surface area (Å²) in [4.78, 5) is 12.3. The summed E-state index contributed by atoms with van der Waals surface area (Å²) in [6.45, 7) is 1.90. The highest BCUT2D eigenvalue weighted by Gasteiger charge is 2.15. The maximum atomic E-state index is 12.3. The second kappa shape index (κ2) is 9.52. The van der Waals surface area contributed by atoms with Gasteiger partial charge in [-0.15, -0.1) is 0 Å². The fourth-order valence-electron chi connectivity index (χ4n) is 2.78. The molecule has 0 fully saturated rings. The molecule has 144 valence electrons. The lowest BCUT2D eigenvalue weighted by molar-refractivity contribution is -0.117. The molecule has 0 spiro atoms. The molecule has 1 atom stereocenters. The van der Waals surface area contributed by atoms with Gasteiger partial charge in [-0.2, -0.15) is 0 Å². The van der Waals surface area contributed by atoms with Crippen LogP contribution in [-0.2, 0) is 4.79 Å². The minimum absolute atomic E-state index is 0.203. The second-order valence-corrected chi connectivity index (χ2v) is 5.73. The molecule has 0 aliphatic heterocycles. The number of amides is 1. The van der Waals surface area contributed by atoms with Gasteiger partial charge >= 0.3 is 0 Å². The summed E-state index contributed by atoms with van der Waals surface area (Å²) < 4.78 is 21.4. The van der Waals surface area contributed by atoms with Crippen LogP contribution >= 0.6 is 0 Å². The van der Waals surface area contributed by atoms with Crippen molar-refractivity contribution in [3.63, 3.8) is 0 Å². The summed E-state index contributed by atoms with van der Waals surface area (Å²) >= 11 is 0. The summed E-state index contributed by atoms with van der Waals surface area (Å²) in [5, 5.41) is 2.93.